The van der Waals surface area contributed by atoms with Crippen molar-refractivity contribution in [2.75, 3.05) is 32.0 Å². The first-order chi connectivity index (χ1) is 17.3. The summed E-state index contributed by atoms with van der Waals surface area (Å²) in [6.07, 6.45) is 3.49. The van der Waals surface area contributed by atoms with E-state index < -0.39 is 11.9 Å². The number of amides is 2. The molecule has 1 fully saturated rings. The molecule has 0 saturated carbocycles. The lowest BCUT2D eigenvalue weighted by Crippen LogP contribution is -2.36. The minimum atomic E-state index is -1.18. The molecule has 0 spiro atoms. The summed E-state index contributed by atoms with van der Waals surface area (Å²) in [5, 5.41) is 17.4. The zero-order valence-corrected chi connectivity index (χ0v) is 21.8. The first-order valence-corrected chi connectivity index (χ1v) is 12.1. The van der Waals surface area contributed by atoms with Crippen molar-refractivity contribution >= 4 is 52.2 Å². The third-order valence-electron chi connectivity index (χ3n) is 6.71. The van der Waals surface area contributed by atoms with Crippen LogP contribution in [0.2, 0.25) is 0 Å². The van der Waals surface area contributed by atoms with Crippen molar-refractivity contribution in [2.24, 2.45) is 5.92 Å². The Labute approximate surface area is 223 Å². The molecule has 3 aromatic rings. The number of halogens is 1. The molecule has 1 heterocycles. The second kappa shape index (κ2) is 12.5. The van der Waals surface area contributed by atoms with Crippen molar-refractivity contribution in [3.63, 3.8) is 0 Å². The second-order valence-corrected chi connectivity index (χ2v) is 9.40. The smallest absolute Gasteiger partial charge is 0.337 e. The minimum Gasteiger partial charge on any atom is -0.478 e. The molecule has 1 saturated heterocycles. The number of hydrogen-bond donors (Lipinski definition) is 3. The number of allylic oxidation sites excluding steroid dienone is 1. The van der Waals surface area contributed by atoms with E-state index in [1.54, 1.807) is 0 Å². The number of hydrogen-bond acceptors (Lipinski definition) is 4. The van der Waals surface area contributed by atoms with Crippen LogP contribution in [0, 0.1) is 5.92 Å². The highest BCUT2D eigenvalue weighted by Gasteiger charge is 2.19. The maximum atomic E-state index is 12.8. The lowest BCUT2D eigenvalue weighted by molar-refractivity contribution is -0.111. The van der Waals surface area contributed by atoms with E-state index in [4.69, 9.17) is 0 Å². The van der Waals surface area contributed by atoms with Gasteiger partial charge in [0.25, 0.3) is 5.91 Å². The number of carbonyl (C=O) groups is 3. The molecule has 0 bridgehead atoms. The van der Waals surface area contributed by atoms with Gasteiger partial charge in [0, 0.05) is 18.2 Å². The quantitative estimate of drug-likeness (QED) is 0.377. The van der Waals surface area contributed by atoms with Crippen LogP contribution in [-0.4, -0.2) is 54.5 Å². The Morgan fingerprint density at radius 3 is 2.35 bits per heavy atom. The van der Waals surface area contributed by atoms with Crippen LogP contribution in [0.5, 0.6) is 0 Å². The maximum Gasteiger partial charge on any atom is 0.337 e. The summed E-state index contributed by atoms with van der Waals surface area (Å²) < 4.78 is 0. The largest absolute Gasteiger partial charge is 0.478 e. The van der Waals surface area contributed by atoms with Crippen LogP contribution in [-0.2, 0) is 4.79 Å². The molecule has 7 nitrogen and oxygen atoms in total. The molecular weight excluding hydrogens is 490 g/mol. The Hall–Kier alpha value is -3.68. The fourth-order valence-electron chi connectivity index (χ4n) is 4.46. The van der Waals surface area contributed by atoms with Gasteiger partial charge in [-0.2, -0.15) is 0 Å². The molecule has 0 aliphatic carbocycles. The molecule has 3 N–H and O–H groups in total. The van der Waals surface area contributed by atoms with Gasteiger partial charge in [-0.15, -0.1) is 12.4 Å². The van der Waals surface area contributed by atoms with E-state index in [2.05, 4.69) is 22.6 Å². The van der Waals surface area contributed by atoms with Gasteiger partial charge in [-0.1, -0.05) is 36.4 Å². The van der Waals surface area contributed by atoms with Crippen LogP contribution < -0.4 is 10.6 Å². The Kier molecular flexibility index (Phi) is 9.44. The van der Waals surface area contributed by atoms with Crippen molar-refractivity contribution in [3.8, 4) is 0 Å². The summed E-state index contributed by atoms with van der Waals surface area (Å²) in [6, 6.07) is 18.2. The molecule has 0 unspecified atom stereocenters. The number of aromatic carboxylic acids is 1. The van der Waals surface area contributed by atoms with E-state index in [9.17, 15) is 19.5 Å². The fourth-order valence-corrected chi connectivity index (χ4v) is 4.46. The molecular formula is C29H32ClN3O4. The predicted octanol–water partition coefficient (Wildman–Crippen LogP) is 5.07. The zero-order chi connectivity index (χ0) is 25.7. The maximum absolute atomic E-state index is 12.8. The third kappa shape index (κ3) is 7.18. The molecule has 1 aliphatic heterocycles. The normalized spacial score (nSPS) is 14.6. The summed E-state index contributed by atoms with van der Waals surface area (Å²) in [7, 11) is 2.09. The summed E-state index contributed by atoms with van der Waals surface area (Å²) in [4.78, 5) is 39.5. The van der Waals surface area contributed by atoms with E-state index in [1.165, 1.54) is 24.3 Å². The average Bonchev–Trinajstić information content (AvgIpc) is 2.87. The predicted molar refractivity (Wildman–Crippen MR) is 149 cm³/mol. The number of carboxylic acid groups (broad SMARTS) is 1. The Morgan fingerprint density at radius 2 is 1.65 bits per heavy atom. The van der Waals surface area contributed by atoms with Crippen molar-refractivity contribution in [1.29, 1.82) is 0 Å². The Bertz CT molecular complexity index is 1330. The van der Waals surface area contributed by atoms with Gasteiger partial charge in [0.1, 0.15) is 0 Å². The van der Waals surface area contributed by atoms with Gasteiger partial charge in [-0.3, -0.25) is 9.59 Å². The molecule has 1 aliphatic rings. The number of anilines is 1. The summed E-state index contributed by atoms with van der Waals surface area (Å²) in [5.74, 6) is -1.51. The number of carbonyl (C=O) groups excluding carboxylic acids is 2. The highest BCUT2D eigenvalue weighted by atomic mass is 35.5. The number of rotatable bonds is 7. The number of carboxylic acids is 1. The molecule has 0 aromatic heterocycles. The fraction of sp³-hybridized carbons (Fsp3) is 0.276. The highest BCUT2D eigenvalue weighted by Crippen LogP contribution is 2.23. The third-order valence-corrected chi connectivity index (χ3v) is 6.71. The molecule has 37 heavy (non-hydrogen) atoms. The van der Waals surface area contributed by atoms with Crippen LogP contribution >= 0.6 is 12.4 Å². The SMILES string of the molecule is C/C(=C/C(=O)Nc1cc(C(=O)NCC2CCN(C)CC2)ccc1C(=O)O)c1ccc2ccccc2c1.Cl. The van der Waals surface area contributed by atoms with E-state index in [0.717, 1.165) is 47.8 Å². The van der Waals surface area contributed by atoms with E-state index in [1.807, 2.05) is 49.4 Å². The van der Waals surface area contributed by atoms with Crippen molar-refractivity contribution in [2.45, 2.75) is 19.8 Å². The Balaban J connectivity index is 0.00000380. The molecule has 2 amide bonds. The van der Waals surface area contributed by atoms with Gasteiger partial charge >= 0.3 is 5.97 Å². The van der Waals surface area contributed by atoms with E-state index in [-0.39, 0.29) is 29.6 Å². The van der Waals surface area contributed by atoms with Gasteiger partial charge < -0.3 is 20.6 Å². The zero-order valence-electron chi connectivity index (χ0n) is 21.0. The monoisotopic (exact) mass is 521 g/mol. The number of piperidine rings is 1. The van der Waals surface area contributed by atoms with Crippen molar-refractivity contribution < 1.29 is 19.5 Å². The van der Waals surface area contributed by atoms with Gasteiger partial charge in [-0.05, 0) is 92.0 Å². The van der Waals surface area contributed by atoms with Crippen LogP contribution in [0.3, 0.4) is 0 Å². The Morgan fingerprint density at radius 1 is 0.973 bits per heavy atom. The number of nitrogens with zero attached hydrogens (tertiary/aromatic N) is 1. The van der Waals surface area contributed by atoms with Gasteiger partial charge in [0.2, 0.25) is 5.91 Å². The van der Waals surface area contributed by atoms with Crippen LogP contribution in [0.1, 0.15) is 46.0 Å². The number of likely N-dealkylation sites (tertiary alicyclic amines) is 1. The second-order valence-electron chi connectivity index (χ2n) is 9.40. The van der Waals surface area contributed by atoms with Crippen molar-refractivity contribution in [3.05, 3.63) is 83.4 Å². The number of benzene rings is 3. The van der Waals surface area contributed by atoms with Crippen LogP contribution in [0.15, 0.2) is 66.7 Å². The first-order valence-electron chi connectivity index (χ1n) is 12.1. The summed E-state index contributed by atoms with van der Waals surface area (Å²) in [6.45, 7) is 4.42. The molecule has 0 radical (unpaired) electrons. The molecule has 3 aromatic carbocycles. The first kappa shape index (κ1) is 27.9. The lowest BCUT2D eigenvalue weighted by Gasteiger charge is -2.28. The van der Waals surface area contributed by atoms with Crippen LogP contribution in [0.4, 0.5) is 5.69 Å². The summed E-state index contributed by atoms with van der Waals surface area (Å²) >= 11 is 0. The standard InChI is InChI=1S/C29H31N3O4.ClH/c1-19(22-8-7-21-5-3-4-6-23(21)16-22)15-27(33)31-26-17-24(9-10-25(26)29(35)36)28(34)30-18-20-11-13-32(2)14-12-20;/h3-10,15-17,20H,11-14,18H2,1-2H3,(H,30,34)(H,31,33)(H,35,36);1H/b19-15-;. The molecule has 0 atom stereocenters. The summed E-state index contributed by atoms with van der Waals surface area (Å²) in [5.41, 5.74) is 1.94. The highest BCUT2D eigenvalue weighted by molar-refractivity contribution is 6.08. The number of fused-ring (bicyclic) bond motifs is 1. The average molecular weight is 522 g/mol. The molecule has 8 heteroatoms. The van der Waals surface area contributed by atoms with E-state index in [0.29, 0.717) is 18.0 Å². The van der Waals surface area contributed by atoms with Crippen LogP contribution in [0.25, 0.3) is 16.3 Å². The molecule has 194 valence electrons. The number of nitrogens with one attached hydrogen (secondary N) is 2. The van der Waals surface area contributed by atoms with Crippen molar-refractivity contribution in [1.82, 2.24) is 10.2 Å². The van der Waals surface area contributed by atoms with Gasteiger partial charge in [0.15, 0.2) is 0 Å². The lowest BCUT2D eigenvalue weighted by atomic mass is 9.97. The van der Waals surface area contributed by atoms with Gasteiger partial charge in [-0.25, -0.2) is 4.79 Å². The minimum absolute atomic E-state index is 0. The van der Waals surface area contributed by atoms with Gasteiger partial charge in [0.05, 0.1) is 11.3 Å². The topological polar surface area (TPSA) is 98.7 Å². The molecule has 4 rings (SSSR count). The van der Waals surface area contributed by atoms with E-state index >= 15 is 0 Å².